The van der Waals surface area contributed by atoms with Crippen LogP contribution in [0.1, 0.15) is 35.3 Å². The van der Waals surface area contributed by atoms with E-state index in [1.165, 1.54) is 0 Å². The molecule has 3 heterocycles. The molecule has 0 radical (unpaired) electrons. The molecule has 0 amide bonds. The minimum absolute atomic E-state index is 0.274. The van der Waals surface area contributed by atoms with Crippen LogP contribution in [-0.4, -0.2) is 21.6 Å². The van der Waals surface area contributed by atoms with Crippen LogP contribution < -0.4 is 0 Å². The van der Waals surface area contributed by atoms with Crippen molar-refractivity contribution >= 4 is 17.9 Å². The molecule has 22 heavy (non-hydrogen) atoms. The summed E-state index contributed by atoms with van der Waals surface area (Å²) in [5, 5.41) is 4.35. The molecule has 1 aliphatic heterocycles. The Balaban J connectivity index is 1.99. The van der Waals surface area contributed by atoms with Gasteiger partial charge in [-0.1, -0.05) is 6.92 Å². The van der Waals surface area contributed by atoms with E-state index in [0.717, 1.165) is 23.4 Å². The van der Waals surface area contributed by atoms with Gasteiger partial charge in [0.2, 0.25) is 5.90 Å². The lowest BCUT2D eigenvalue weighted by Crippen LogP contribution is -2.05. The van der Waals surface area contributed by atoms with Crippen LogP contribution in [0.5, 0.6) is 0 Å². The number of hydrogen-bond acceptors (Lipinski definition) is 5. The largest absolute Gasteiger partial charge is 0.466 e. The summed E-state index contributed by atoms with van der Waals surface area (Å²) >= 11 is 0. The van der Waals surface area contributed by atoms with Gasteiger partial charge in [-0.3, -0.25) is 4.68 Å². The third kappa shape index (κ3) is 2.47. The van der Waals surface area contributed by atoms with Gasteiger partial charge in [0.05, 0.1) is 11.3 Å². The molecule has 0 spiro atoms. The molecular formula is C16H17N3O3. The Morgan fingerprint density at radius 3 is 2.77 bits per heavy atom. The summed E-state index contributed by atoms with van der Waals surface area (Å²) < 4.78 is 12.4. The molecule has 0 aromatic carbocycles. The number of aromatic nitrogens is 2. The highest BCUT2D eigenvalue weighted by molar-refractivity contribution is 6.13. The molecule has 114 valence electrons. The number of esters is 1. The molecule has 6 heteroatoms. The van der Waals surface area contributed by atoms with E-state index < -0.39 is 5.97 Å². The van der Waals surface area contributed by atoms with Crippen molar-refractivity contribution in [3.63, 3.8) is 0 Å². The first-order valence-electron chi connectivity index (χ1n) is 7.10. The van der Waals surface area contributed by atoms with E-state index in [1.54, 1.807) is 10.8 Å². The van der Waals surface area contributed by atoms with Gasteiger partial charge in [0.15, 0.2) is 5.70 Å². The predicted octanol–water partition coefficient (Wildman–Crippen LogP) is 2.54. The number of carbonyl (C=O) groups excluding carboxylic acids is 1. The van der Waals surface area contributed by atoms with E-state index >= 15 is 0 Å². The second-order valence-corrected chi connectivity index (χ2v) is 5.22. The van der Waals surface area contributed by atoms with Gasteiger partial charge in [0.25, 0.3) is 0 Å². The first kappa shape index (κ1) is 14.3. The Morgan fingerprint density at radius 2 is 2.14 bits per heavy atom. The Morgan fingerprint density at radius 1 is 1.36 bits per heavy atom. The summed E-state index contributed by atoms with van der Waals surface area (Å²) in [6.45, 7) is 5.67. The summed E-state index contributed by atoms with van der Waals surface area (Å²) in [6.07, 6.45) is 4.36. The van der Waals surface area contributed by atoms with Gasteiger partial charge in [-0.25, -0.2) is 9.79 Å². The standard InChI is InChI=1S/C16H17N3O3/c1-5-13-11(8-19(4)18-13)7-14-16(20)22-15(17-14)12-6-9(2)21-10(12)3/h6-8H,5H2,1-4H3/b14-7-. The molecule has 2 aromatic heterocycles. The highest BCUT2D eigenvalue weighted by Crippen LogP contribution is 2.23. The zero-order valence-corrected chi connectivity index (χ0v) is 13.0. The molecule has 1 aliphatic rings. The molecule has 0 unspecified atom stereocenters. The molecule has 0 saturated carbocycles. The summed E-state index contributed by atoms with van der Waals surface area (Å²) in [5.74, 6) is 1.26. The van der Waals surface area contributed by atoms with Crippen molar-refractivity contribution in [3.05, 3.63) is 46.3 Å². The second-order valence-electron chi connectivity index (χ2n) is 5.22. The van der Waals surface area contributed by atoms with Crippen molar-refractivity contribution in [2.45, 2.75) is 27.2 Å². The SMILES string of the molecule is CCc1nn(C)cc1/C=C1\N=C(c2cc(C)oc2C)OC1=O. The third-order valence-electron chi connectivity index (χ3n) is 3.46. The fraction of sp³-hybridized carbons (Fsp3) is 0.312. The lowest BCUT2D eigenvalue weighted by Gasteiger charge is -1.95. The van der Waals surface area contributed by atoms with Gasteiger partial charge in [0.1, 0.15) is 11.5 Å². The quantitative estimate of drug-likeness (QED) is 0.645. The zero-order chi connectivity index (χ0) is 15.9. The molecule has 0 bridgehead atoms. The normalized spacial score (nSPS) is 16.3. The molecule has 0 N–H and O–H groups in total. The number of carbonyl (C=O) groups is 1. The molecule has 3 rings (SSSR count). The van der Waals surface area contributed by atoms with E-state index in [-0.39, 0.29) is 11.6 Å². The highest BCUT2D eigenvalue weighted by Gasteiger charge is 2.27. The maximum atomic E-state index is 12.0. The van der Waals surface area contributed by atoms with Crippen LogP contribution in [0.3, 0.4) is 0 Å². The number of hydrogen-bond donors (Lipinski definition) is 0. The third-order valence-corrected chi connectivity index (χ3v) is 3.46. The maximum absolute atomic E-state index is 12.0. The van der Waals surface area contributed by atoms with Gasteiger partial charge in [-0.05, 0) is 32.4 Å². The smallest absolute Gasteiger partial charge is 0.363 e. The van der Waals surface area contributed by atoms with Crippen molar-refractivity contribution in [2.75, 3.05) is 0 Å². The Labute approximate surface area is 128 Å². The molecule has 2 aromatic rings. The zero-order valence-electron chi connectivity index (χ0n) is 13.0. The Hall–Kier alpha value is -2.63. The maximum Gasteiger partial charge on any atom is 0.363 e. The first-order valence-corrected chi connectivity index (χ1v) is 7.10. The average Bonchev–Trinajstić information content (AvgIpc) is 3.09. The monoisotopic (exact) mass is 299 g/mol. The number of furan rings is 1. The van der Waals surface area contributed by atoms with Gasteiger partial charge in [-0.15, -0.1) is 0 Å². The van der Waals surface area contributed by atoms with Gasteiger partial charge < -0.3 is 9.15 Å². The van der Waals surface area contributed by atoms with Crippen LogP contribution in [0.15, 0.2) is 27.4 Å². The molecule has 0 saturated heterocycles. The fourth-order valence-corrected chi connectivity index (χ4v) is 2.46. The van der Waals surface area contributed by atoms with E-state index in [2.05, 4.69) is 10.1 Å². The van der Waals surface area contributed by atoms with E-state index in [1.807, 2.05) is 40.1 Å². The second kappa shape index (κ2) is 5.29. The van der Waals surface area contributed by atoms with Crippen molar-refractivity contribution in [1.82, 2.24) is 9.78 Å². The van der Waals surface area contributed by atoms with E-state index in [4.69, 9.17) is 9.15 Å². The predicted molar refractivity (Wildman–Crippen MR) is 81.4 cm³/mol. The summed E-state index contributed by atoms with van der Waals surface area (Å²) in [7, 11) is 1.85. The van der Waals surface area contributed by atoms with Crippen LogP contribution in [0.4, 0.5) is 0 Å². The molecular weight excluding hydrogens is 282 g/mol. The number of nitrogens with zero attached hydrogens (tertiary/aromatic N) is 3. The van der Waals surface area contributed by atoms with Crippen LogP contribution in [-0.2, 0) is 23.0 Å². The van der Waals surface area contributed by atoms with Crippen molar-refractivity contribution < 1.29 is 13.9 Å². The topological polar surface area (TPSA) is 69.6 Å². The minimum atomic E-state index is -0.459. The first-order chi connectivity index (χ1) is 10.5. The number of aliphatic imine (C=N–C) groups is 1. The van der Waals surface area contributed by atoms with E-state index in [9.17, 15) is 4.79 Å². The molecule has 0 fully saturated rings. The minimum Gasteiger partial charge on any atom is -0.466 e. The van der Waals surface area contributed by atoms with Crippen LogP contribution in [0.25, 0.3) is 6.08 Å². The van der Waals surface area contributed by atoms with Gasteiger partial charge in [0, 0.05) is 18.8 Å². The fourth-order valence-electron chi connectivity index (χ4n) is 2.46. The summed E-state index contributed by atoms with van der Waals surface area (Å²) in [6, 6.07) is 1.81. The Bertz CT molecular complexity index is 809. The molecule has 0 atom stereocenters. The summed E-state index contributed by atoms with van der Waals surface area (Å²) in [5.41, 5.74) is 2.77. The van der Waals surface area contributed by atoms with Crippen LogP contribution >= 0.6 is 0 Å². The van der Waals surface area contributed by atoms with Crippen LogP contribution in [0.2, 0.25) is 0 Å². The molecule has 6 nitrogen and oxygen atoms in total. The van der Waals surface area contributed by atoms with Crippen molar-refractivity contribution in [1.29, 1.82) is 0 Å². The van der Waals surface area contributed by atoms with E-state index in [0.29, 0.717) is 11.3 Å². The van der Waals surface area contributed by atoms with Crippen LogP contribution in [0, 0.1) is 13.8 Å². The van der Waals surface area contributed by atoms with Gasteiger partial charge >= 0.3 is 5.97 Å². The Kier molecular flexibility index (Phi) is 3.44. The number of ether oxygens (including phenoxy) is 1. The summed E-state index contributed by atoms with van der Waals surface area (Å²) in [4.78, 5) is 16.3. The number of rotatable bonds is 3. The number of aryl methyl sites for hydroxylation is 4. The van der Waals surface area contributed by atoms with Gasteiger partial charge in [-0.2, -0.15) is 5.10 Å². The average molecular weight is 299 g/mol. The molecule has 0 aliphatic carbocycles. The highest BCUT2D eigenvalue weighted by atomic mass is 16.6. The number of cyclic esters (lactones) is 1. The lowest BCUT2D eigenvalue weighted by atomic mass is 10.2. The lowest BCUT2D eigenvalue weighted by molar-refractivity contribution is -0.129. The van der Waals surface area contributed by atoms with Crippen molar-refractivity contribution in [3.8, 4) is 0 Å². The van der Waals surface area contributed by atoms with Crippen molar-refractivity contribution in [2.24, 2.45) is 12.0 Å².